The van der Waals surface area contributed by atoms with Crippen molar-refractivity contribution in [2.24, 2.45) is 0 Å². The number of anilines is 1. The third-order valence-corrected chi connectivity index (χ3v) is 2.02. The summed E-state index contributed by atoms with van der Waals surface area (Å²) in [4.78, 5) is 2.05. The molecule has 1 aliphatic heterocycles. The molecular weight excluding hydrogens is 157 g/mol. The Bertz CT molecular complexity index is 301. The fraction of sp³-hybridized carbons (Fsp3) is 0.333. The number of hydrogen-bond donors (Lipinski definition) is 0. The van der Waals surface area contributed by atoms with Crippen molar-refractivity contribution in [3.05, 3.63) is 24.0 Å². The first-order valence-electron chi connectivity index (χ1n) is 3.91. The molecule has 0 saturated carbocycles. The second kappa shape index (κ2) is 2.66. The number of likely N-dealkylation sites (N-methyl/N-ethyl adjacent to an activating group) is 1. The lowest BCUT2D eigenvalue weighted by molar-refractivity contribution is 0.309. The van der Waals surface area contributed by atoms with Crippen LogP contribution in [-0.4, -0.2) is 20.2 Å². The normalized spacial score (nSPS) is 15.3. The van der Waals surface area contributed by atoms with Gasteiger partial charge in [0.2, 0.25) is 0 Å². The molecule has 0 aromatic heterocycles. The quantitative estimate of drug-likeness (QED) is 0.582. The maximum Gasteiger partial charge on any atom is 0.145 e. The lowest BCUT2D eigenvalue weighted by atomic mass is 10.2. The number of hydrogen-bond acceptors (Lipinski definition) is 2. The van der Waals surface area contributed by atoms with Gasteiger partial charge in [-0.25, -0.2) is 4.39 Å². The molecule has 0 unspecified atom stereocenters. The first-order chi connectivity index (χ1) is 5.77. The Morgan fingerprint density at radius 2 is 2.33 bits per heavy atom. The Labute approximate surface area is 70.6 Å². The van der Waals surface area contributed by atoms with Crippen LogP contribution in [0.25, 0.3) is 0 Å². The average molecular weight is 167 g/mol. The number of ether oxygens (including phenoxy) is 1. The van der Waals surface area contributed by atoms with E-state index in [1.165, 1.54) is 12.1 Å². The Kier molecular flexibility index (Phi) is 1.64. The van der Waals surface area contributed by atoms with E-state index in [2.05, 4.69) is 4.90 Å². The van der Waals surface area contributed by atoms with Gasteiger partial charge in [-0.1, -0.05) is 0 Å². The Balaban J connectivity index is 2.46. The van der Waals surface area contributed by atoms with Crippen LogP contribution in [0.3, 0.4) is 0 Å². The molecule has 1 heterocycles. The molecule has 0 N–H and O–H groups in total. The average Bonchev–Trinajstić information content (AvgIpc) is 2.04. The summed E-state index contributed by atoms with van der Waals surface area (Å²) in [7, 11) is 1.97. The highest BCUT2D eigenvalue weighted by molar-refractivity contribution is 5.59. The van der Waals surface area contributed by atoms with Crippen molar-refractivity contribution in [2.75, 3.05) is 25.1 Å². The van der Waals surface area contributed by atoms with Crippen LogP contribution in [0.5, 0.6) is 5.75 Å². The zero-order chi connectivity index (χ0) is 8.55. The zero-order valence-corrected chi connectivity index (χ0v) is 6.88. The summed E-state index contributed by atoms with van der Waals surface area (Å²) in [5, 5.41) is 0. The molecule has 0 radical (unpaired) electrons. The molecule has 12 heavy (non-hydrogen) atoms. The molecule has 1 aliphatic rings. The van der Waals surface area contributed by atoms with Gasteiger partial charge in [0.15, 0.2) is 0 Å². The van der Waals surface area contributed by atoms with Crippen LogP contribution in [0.2, 0.25) is 0 Å². The lowest BCUT2D eigenvalue weighted by Crippen LogP contribution is -2.28. The van der Waals surface area contributed by atoms with Gasteiger partial charge in [-0.05, 0) is 12.1 Å². The maximum absolute atomic E-state index is 12.7. The molecule has 0 bridgehead atoms. The van der Waals surface area contributed by atoms with E-state index in [1.807, 2.05) is 7.05 Å². The molecule has 2 rings (SSSR count). The molecular formula is C9H10FNO. The van der Waals surface area contributed by atoms with Crippen LogP contribution in [-0.2, 0) is 0 Å². The minimum absolute atomic E-state index is 0.246. The summed E-state index contributed by atoms with van der Waals surface area (Å²) in [6, 6.07) is 4.61. The van der Waals surface area contributed by atoms with Gasteiger partial charge in [-0.2, -0.15) is 0 Å². The monoisotopic (exact) mass is 167 g/mol. The van der Waals surface area contributed by atoms with Crippen molar-refractivity contribution in [2.45, 2.75) is 0 Å². The molecule has 1 aromatic carbocycles. The van der Waals surface area contributed by atoms with Gasteiger partial charge >= 0.3 is 0 Å². The predicted molar refractivity (Wildman–Crippen MR) is 45.2 cm³/mol. The van der Waals surface area contributed by atoms with E-state index in [0.29, 0.717) is 12.4 Å². The molecule has 0 fully saturated rings. The van der Waals surface area contributed by atoms with Crippen molar-refractivity contribution in [1.82, 2.24) is 0 Å². The zero-order valence-electron chi connectivity index (χ0n) is 6.88. The highest BCUT2D eigenvalue weighted by atomic mass is 19.1. The summed E-state index contributed by atoms with van der Waals surface area (Å²) in [5.41, 5.74) is 0.961. The van der Waals surface area contributed by atoms with Gasteiger partial charge in [-0.15, -0.1) is 0 Å². The number of rotatable bonds is 0. The minimum atomic E-state index is -0.246. The fourth-order valence-corrected chi connectivity index (χ4v) is 1.33. The van der Waals surface area contributed by atoms with E-state index in [4.69, 9.17) is 4.74 Å². The largest absolute Gasteiger partial charge is 0.489 e. The Morgan fingerprint density at radius 1 is 1.50 bits per heavy atom. The van der Waals surface area contributed by atoms with Gasteiger partial charge < -0.3 is 9.64 Å². The number of benzene rings is 1. The van der Waals surface area contributed by atoms with Crippen LogP contribution in [0, 0.1) is 5.82 Å². The van der Waals surface area contributed by atoms with Crippen molar-refractivity contribution in [1.29, 1.82) is 0 Å². The topological polar surface area (TPSA) is 12.5 Å². The second-order valence-corrected chi connectivity index (χ2v) is 2.88. The van der Waals surface area contributed by atoms with E-state index in [9.17, 15) is 4.39 Å². The molecule has 2 nitrogen and oxygen atoms in total. The van der Waals surface area contributed by atoms with Gasteiger partial charge in [-0.3, -0.25) is 0 Å². The molecule has 0 amide bonds. The molecule has 64 valence electrons. The van der Waals surface area contributed by atoms with Crippen LogP contribution in [0.4, 0.5) is 10.1 Å². The number of halogens is 1. The molecule has 1 aromatic rings. The Hall–Kier alpha value is -1.25. The Morgan fingerprint density at radius 3 is 3.17 bits per heavy atom. The van der Waals surface area contributed by atoms with Crippen LogP contribution in [0.15, 0.2) is 18.2 Å². The summed E-state index contributed by atoms with van der Waals surface area (Å²) < 4.78 is 18.0. The third kappa shape index (κ3) is 1.11. The lowest BCUT2D eigenvalue weighted by Gasteiger charge is -2.27. The molecule has 3 heteroatoms. The molecule has 0 spiro atoms. The maximum atomic E-state index is 12.7. The van der Waals surface area contributed by atoms with Crippen LogP contribution >= 0.6 is 0 Å². The van der Waals surface area contributed by atoms with E-state index in [1.54, 1.807) is 6.07 Å². The number of nitrogens with zero attached hydrogens (tertiary/aromatic N) is 1. The minimum Gasteiger partial charge on any atom is -0.489 e. The van der Waals surface area contributed by atoms with E-state index in [-0.39, 0.29) is 5.82 Å². The highest BCUT2D eigenvalue weighted by Crippen LogP contribution is 2.30. The van der Waals surface area contributed by atoms with Crippen molar-refractivity contribution < 1.29 is 9.13 Å². The van der Waals surface area contributed by atoms with Crippen molar-refractivity contribution in [3.8, 4) is 5.75 Å². The summed E-state index contributed by atoms with van der Waals surface area (Å²) >= 11 is 0. The molecule has 0 atom stereocenters. The summed E-state index contributed by atoms with van der Waals surface area (Å²) in [6.45, 7) is 1.49. The summed E-state index contributed by atoms with van der Waals surface area (Å²) in [5.74, 6) is 0.396. The first-order valence-corrected chi connectivity index (χ1v) is 3.91. The SMILES string of the molecule is CN1CCOc2cc(F)ccc21. The highest BCUT2D eigenvalue weighted by Gasteiger charge is 2.14. The van der Waals surface area contributed by atoms with Crippen molar-refractivity contribution in [3.63, 3.8) is 0 Å². The van der Waals surface area contributed by atoms with Crippen molar-refractivity contribution >= 4 is 5.69 Å². The second-order valence-electron chi connectivity index (χ2n) is 2.88. The van der Waals surface area contributed by atoms with Gasteiger partial charge in [0.25, 0.3) is 0 Å². The van der Waals surface area contributed by atoms with Crippen LogP contribution in [0.1, 0.15) is 0 Å². The van der Waals surface area contributed by atoms with Gasteiger partial charge in [0.05, 0.1) is 12.2 Å². The van der Waals surface area contributed by atoms with Crippen LogP contribution < -0.4 is 9.64 Å². The number of fused-ring (bicyclic) bond motifs is 1. The van der Waals surface area contributed by atoms with E-state index >= 15 is 0 Å². The predicted octanol–water partition coefficient (Wildman–Crippen LogP) is 1.65. The first kappa shape index (κ1) is 7.40. The molecule has 0 aliphatic carbocycles. The third-order valence-electron chi connectivity index (χ3n) is 2.02. The van der Waals surface area contributed by atoms with Gasteiger partial charge in [0, 0.05) is 13.1 Å². The fourth-order valence-electron chi connectivity index (χ4n) is 1.33. The van der Waals surface area contributed by atoms with E-state index in [0.717, 1.165) is 12.2 Å². The van der Waals surface area contributed by atoms with Gasteiger partial charge in [0.1, 0.15) is 18.2 Å². The molecule has 0 saturated heterocycles. The summed E-state index contributed by atoms with van der Waals surface area (Å²) in [6.07, 6.45) is 0. The smallest absolute Gasteiger partial charge is 0.145 e. The standard InChI is InChI=1S/C9H10FNO/c1-11-4-5-12-9-6-7(10)2-3-8(9)11/h2-3,6H,4-5H2,1H3. The van der Waals surface area contributed by atoms with E-state index < -0.39 is 0 Å².